The highest BCUT2D eigenvalue weighted by molar-refractivity contribution is 9.10. The van der Waals surface area contributed by atoms with Gasteiger partial charge in [-0.15, -0.1) is 0 Å². The number of carbonyl (C=O) groups is 1. The van der Waals surface area contributed by atoms with Crippen LogP contribution in [0, 0.1) is 0 Å². The smallest absolute Gasteiger partial charge is 0.344 e. The number of hydrogen-bond acceptors (Lipinski definition) is 4. The van der Waals surface area contributed by atoms with Gasteiger partial charge >= 0.3 is 5.97 Å². The number of ether oxygens (including phenoxy) is 1. The highest BCUT2D eigenvalue weighted by atomic mass is 79.9. The molecule has 1 heterocycles. The maximum atomic E-state index is 12.4. The summed E-state index contributed by atoms with van der Waals surface area (Å²) < 4.78 is 23.3. The third kappa shape index (κ3) is 3.36. The Morgan fingerprint density at radius 1 is 1.50 bits per heavy atom. The van der Waals surface area contributed by atoms with E-state index in [0.29, 0.717) is 17.0 Å². The fraction of sp³-hybridized carbons (Fsp3) is 0.231. The van der Waals surface area contributed by atoms with E-state index in [1.54, 1.807) is 24.3 Å². The molecule has 0 saturated heterocycles. The Morgan fingerprint density at radius 2 is 2.30 bits per heavy atom. The minimum Gasteiger partial charge on any atom is -0.479 e. The molecule has 1 aromatic carbocycles. The lowest BCUT2D eigenvalue weighted by Crippen LogP contribution is -2.27. The van der Waals surface area contributed by atoms with Crippen molar-refractivity contribution in [3.8, 4) is 17.0 Å². The average molecular weight is 344 g/mol. The zero-order valence-corrected chi connectivity index (χ0v) is 11.8. The molecule has 1 atom stereocenters. The summed E-state index contributed by atoms with van der Waals surface area (Å²) in [6.45, 7) is -0.771. The molecule has 5 nitrogen and oxygen atoms in total. The van der Waals surface area contributed by atoms with Gasteiger partial charge in [-0.3, -0.25) is 4.39 Å². The molecular weight excluding hydrogens is 333 g/mol. The van der Waals surface area contributed by atoms with Crippen LogP contribution < -0.4 is 4.74 Å². The lowest BCUT2D eigenvalue weighted by molar-refractivity contribution is -0.145. The second-order valence-corrected chi connectivity index (χ2v) is 4.86. The van der Waals surface area contributed by atoms with Crippen LogP contribution in [0.5, 0.6) is 5.75 Å². The molecule has 0 spiro atoms. The molecular formula is C13H11BrFNO4. The van der Waals surface area contributed by atoms with E-state index in [4.69, 9.17) is 14.4 Å². The van der Waals surface area contributed by atoms with Crippen LogP contribution in [0.2, 0.25) is 0 Å². The first-order valence-corrected chi connectivity index (χ1v) is 6.57. The summed E-state index contributed by atoms with van der Waals surface area (Å²) in [6.07, 6.45) is -0.0632. The molecule has 106 valence electrons. The van der Waals surface area contributed by atoms with E-state index in [1.807, 2.05) is 0 Å². The molecule has 20 heavy (non-hydrogen) atoms. The molecule has 1 aromatic heterocycles. The quantitative estimate of drug-likeness (QED) is 0.871. The van der Waals surface area contributed by atoms with Gasteiger partial charge in [0.05, 0.1) is 6.67 Å². The number of carboxylic acids is 1. The molecule has 2 aromatic rings. The van der Waals surface area contributed by atoms with E-state index in [9.17, 15) is 9.18 Å². The van der Waals surface area contributed by atoms with Gasteiger partial charge in [0.1, 0.15) is 17.7 Å². The van der Waals surface area contributed by atoms with Crippen LogP contribution in [0.25, 0.3) is 11.3 Å². The monoisotopic (exact) mass is 343 g/mol. The van der Waals surface area contributed by atoms with Gasteiger partial charge in [-0.2, -0.15) is 0 Å². The van der Waals surface area contributed by atoms with Gasteiger partial charge < -0.3 is 14.4 Å². The summed E-state index contributed by atoms with van der Waals surface area (Å²) in [5.41, 5.74) is 1.07. The second kappa shape index (κ2) is 6.51. The highest BCUT2D eigenvalue weighted by Crippen LogP contribution is 2.32. The molecule has 0 radical (unpaired) electrons. The van der Waals surface area contributed by atoms with Gasteiger partial charge in [-0.05, 0) is 18.2 Å². The molecule has 0 saturated carbocycles. The fourth-order valence-electron chi connectivity index (χ4n) is 1.64. The lowest BCUT2D eigenvalue weighted by atomic mass is 10.1. The molecule has 0 aliphatic heterocycles. The zero-order chi connectivity index (χ0) is 14.5. The summed E-state index contributed by atoms with van der Waals surface area (Å²) >= 11 is 3.32. The summed E-state index contributed by atoms with van der Waals surface area (Å²) in [7, 11) is 0. The van der Waals surface area contributed by atoms with Gasteiger partial charge in [-0.1, -0.05) is 21.1 Å². The Bertz CT molecular complexity index is 588. The number of alkyl halides is 1. The van der Waals surface area contributed by atoms with Crippen molar-refractivity contribution >= 4 is 21.9 Å². The van der Waals surface area contributed by atoms with Crippen LogP contribution in [0.3, 0.4) is 0 Å². The van der Waals surface area contributed by atoms with Crippen LogP contribution in [-0.2, 0) is 4.79 Å². The van der Waals surface area contributed by atoms with E-state index in [0.717, 1.165) is 4.47 Å². The van der Waals surface area contributed by atoms with E-state index < -0.39 is 18.7 Å². The molecule has 0 amide bonds. The third-order valence-electron chi connectivity index (χ3n) is 2.57. The first-order valence-electron chi connectivity index (χ1n) is 5.77. The van der Waals surface area contributed by atoms with Crippen LogP contribution in [0.1, 0.15) is 6.42 Å². The van der Waals surface area contributed by atoms with Crippen LogP contribution >= 0.6 is 15.9 Å². The second-order valence-electron chi connectivity index (χ2n) is 3.95. The molecule has 7 heteroatoms. The van der Waals surface area contributed by atoms with Gasteiger partial charge in [0.15, 0.2) is 6.10 Å². The van der Waals surface area contributed by atoms with E-state index in [-0.39, 0.29) is 6.42 Å². The van der Waals surface area contributed by atoms with Crippen molar-refractivity contribution in [2.24, 2.45) is 0 Å². The molecule has 1 N–H and O–H groups in total. The van der Waals surface area contributed by atoms with E-state index >= 15 is 0 Å². The van der Waals surface area contributed by atoms with E-state index in [2.05, 4.69) is 21.1 Å². The number of carboxylic acid groups (broad SMARTS) is 1. The summed E-state index contributed by atoms with van der Waals surface area (Å²) in [4.78, 5) is 11.0. The number of nitrogens with zero attached hydrogens (tertiary/aromatic N) is 1. The Balaban J connectivity index is 2.34. The summed E-state index contributed by atoms with van der Waals surface area (Å²) in [6, 6.07) is 6.65. The predicted octanol–water partition coefficient (Wildman–Crippen LogP) is 3.30. The van der Waals surface area contributed by atoms with Gasteiger partial charge in [0.2, 0.25) is 0 Å². The van der Waals surface area contributed by atoms with E-state index in [1.165, 1.54) is 6.26 Å². The lowest BCUT2D eigenvalue weighted by Gasteiger charge is -2.16. The highest BCUT2D eigenvalue weighted by Gasteiger charge is 2.21. The SMILES string of the molecule is O=C(O)C(CCF)Oc1ccc(Br)cc1-c1ccon1. The minimum absolute atomic E-state index is 0.219. The largest absolute Gasteiger partial charge is 0.479 e. The fourth-order valence-corrected chi connectivity index (χ4v) is 2.00. The number of benzene rings is 1. The van der Waals surface area contributed by atoms with Crippen molar-refractivity contribution in [2.45, 2.75) is 12.5 Å². The average Bonchev–Trinajstić information content (AvgIpc) is 2.93. The Hall–Kier alpha value is -1.89. The van der Waals surface area contributed by atoms with Crippen molar-refractivity contribution in [3.63, 3.8) is 0 Å². The number of rotatable bonds is 6. The van der Waals surface area contributed by atoms with Crippen LogP contribution in [-0.4, -0.2) is 29.0 Å². The topological polar surface area (TPSA) is 72.6 Å². The van der Waals surface area contributed by atoms with Crippen molar-refractivity contribution < 1.29 is 23.6 Å². The summed E-state index contributed by atoms with van der Waals surface area (Å²) in [5, 5.41) is 12.8. The Morgan fingerprint density at radius 3 is 2.90 bits per heavy atom. The van der Waals surface area contributed by atoms with Crippen molar-refractivity contribution in [1.29, 1.82) is 0 Å². The first kappa shape index (κ1) is 14.5. The summed E-state index contributed by atoms with van der Waals surface area (Å²) in [5.74, 6) is -0.903. The zero-order valence-electron chi connectivity index (χ0n) is 10.3. The normalized spacial score (nSPS) is 12.1. The molecule has 0 aliphatic rings. The number of aliphatic carboxylic acids is 1. The van der Waals surface area contributed by atoms with Gasteiger partial charge in [0.25, 0.3) is 0 Å². The minimum atomic E-state index is -1.24. The van der Waals surface area contributed by atoms with Crippen molar-refractivity contribution in [1.82, 2.24) is 5.16 Å². The number of aromatic nitrogens is 1. The molecule has 2 rings (SSSR count). The number of halogens is 2. The van der Waals surface area contributed by atoms with Gasteiger partial charge in [-0.25, -0.2) is 4.79 Å². The molecule has 0 aliphatic carbocycles. The molecule has 0 bridgehead atoms. The van der Waals surface area contributed by atoms with Crippen molar-refractivity contribution in [3.05, 3.63) is 35.0 Å². The maximum absolute atomic E-state index is 12.4. The molecule has 1 unspecified atom stereocenters. The number of hydrogen-bond donors (Lipinski definition) is 1. The van der Waals surface area contributed by atoms with Crippen LogP contribution in [0.4, 0.5) is 4.39 Å². The Kier molecular flexibility index (Phi) is 4.73. The van der Waals surface area contributed by atoms with Gasteiger partial charge in [0, 0.05) is 22.5 Å². The standard InChI is InChI=1S/C13H11BrFNO4/c14-8-1-2-11(20-12(3-5-15)13(17)18)9(7-8)10-4-6-19-16-10/h1-2,4,6-7,12H,3,5H2,(H,17,18). The maximum Gasteiger partial charge on any atom is 0.344 e. The molecule has 0 fully saturated rings. The Labute approximate surface area is 122 Å². The third-order valence-corrected chi connectivity index (χ3v) is 3.06. The first-order chi connectivity index (χ1) is 9.61. The predicted molar refractivity (Wildman–Crippen MR) is 72.3 cm³/mol. The van der Waals surface area contributed by atoms with Crippen molar-refractivity contribution in [2.75, 3.05) is 6.67 Å². The van der Waals surface area contributed by atoms with Crippen LogP contribution in [0.15, 0.2) is 39.5 Å².